The molecule has 0 saturated carbocycles. The summed E-state index contributed by atoms with van der Waals surface area (Å²) in [5.41, 5.74) is 8.94. The molecule has 0 radical (unpaired) electrons. The number of aromatic nitrogens is 3. The molecule has 3 aromatic rings. The van der Waals surface area contributed by atoms with E-state index < -0.39 is 5.95 Å². The number of nitrogens with two attached hydrogens (primary N) is 1. The topological polar surface area (TPSA) is 93.8 Å². The summed E-state index contributed by atoms with van der Waals surface area (Å²) >= 11 is 1.21. The Bertz CT molecular complexity index is 891. The molecule has 8 heteroatoms. The first kappa shape index (κ1) is 15.3. The van der Waals surface area contributed by atoms with Crippen LogP contribution < -0.4 is 11.1 Å². The molecule has 23 heavy (non-hydrogen) atoms. The Hall–Kier alpha value is -2.61. The van der Waals surface area contributed by atoms with Crippen molar-refractivity contribution in [2.75, 3.05) is 5.73 Å². The van der Waals surface area contributed by atoms with Crippen molar-refractivity contribution < 1.29 is 9.18 Å². The van der Waals surface area contributed by atoms with Gasteiger partial charge in [-0.3, -0.25) is 4.79 Å². The van der Waals surface area contributed by atoms with Crippen LogP contribution in [0.1, 0.15) is 26.5 Å². The molecule has 6 nitrogen and oxygen atoms in total. The SMILES string of the molecule is Cc1nnc2sc(C(=O)NCc3ccc(F)nc3)c(N)c2c1C. The number of nitrogens with one attached hydrogen (secondary N) is 1. The van der Waals surface area contributed by atoms with Crippen LogP contribution in [0.3, 0.4) is 0 Å². The lowest BCUT2D eigenvalue weighted by molar-refractivity contribution is 0.0956. The van der Waals surface area contributed by atoms with Crippen molar-refractivity contribution in [2.45, 2.75) is 20.4 Å². The second-order valence-electron chi connectivity index (χ2n) is 5.11. The van der Waals surface area contributed by atoms with Gasteiger partial charge < -0.3 is 11.1 Å². The summed E-state index contributed by atoms with van der Waals surface area (Å²) < 4.78 is 12.8. The van der Waals surface area contributed by atoms with Gasteiger partial charge in [-0.1, -0.05) is 6.07 Å². The molecule has 0 bridgehead atoms. The number of amides is 1. The Kier molecular flexibility index (Phi) is 3.91. The molecular formula is C15H14FN5OS. The number of nitrogen functional groups attached to an aromatic ring is 1. The summed E-state index contributed by atoms with van der Waals surface area (Å²) in [5, 5.41) is 11.7. The third-order valence-electron chi connectivity index (χ3n) is 3.58. The van der Waals surface area contributed by atoms with Gasteiger partial charge in [0, 0.05) is 18.1 Å². The van der Waals surface area contributed by atoms with Gasteiger partial charge >= 0.3 is 0 Å². The van der Waals surface area contributed by atoms with E-state index in [0.29, 0.717) is 21.0 Å². The molecule has 3 N–H and O–H groups in total. The van der Waals surface area contributed by atoms with Gasteiger partial charge in [-0.25, -0.2) is 4.98 Å². The number of nitrogens with zero attached hydrogens (tertiary/aromatic N) is 3. The van der Waals surface area contributed by atoms with E-state index in [1.807, 2.05) is 13.8 Å². The highest BCUT2D eigenvalue weighted by atomic mass is 32.1. The van der Waals surface area contributed by atoms with Gasteiger partial charge in [0.05, 0.1) is 11.4 Å². The Labute approximate surface area is 135 Å². The van der Waals surface area contributed by atoms with Crippen LogP contribution in [0.4, 0.5) is 10.1 Å². The van der Waals surface area contributed by atoms with Crippen molar-refractivity contribution in [1.29, 1.82) is 0 Å². The number of hydrogen-bond donors (Lipinski definition) is 2. The highest BCUT2D eigenvalue weighted by Gasteiger charge is 2.19. The van der Waals surface area contributed by atoms with Crippen LogP contribution in [0.15, 0.2) is 18.3 Å². The fraction of sp³-hybridized carbons (Fsp3) is 0.200. The summed E-state index contributed by atoms with van der Waals surface area (Å²) in [6.07, 6.45) is 1.38. The molecule has 3 heterocycles. The molecule has 0 atom stereocenters. The smallest absolute Gasteiger partial charge is 0.263 e. The minimum absolute atomic E-state index is 0.240. The first-order valence-electron chi connectivity index (χ1n) is 6.88. The number of carbonyl (C=O) groups is 1. The molecule has 0 fully saturated rings. The van der Waals surface area contributed by atoms with Gasteiger partial charge in [0.1, 0.15) is 9.71 Å². The van der Waals surface area contributed by atoms with E-state index in [0.717, 1.165) is 16.6 Å². The number of hydrogen-bond acceptors (Lipinski definition) is 6. The molecule has 0 aliphatic carbocycles. The minimum atomic E-state index is -0.557. The minimum Gasteiger partial charge on any atom is -0.397 e. The maximum atomic E-state index is 12.8. The Morgan fingerprint density at radius 2 is 2.13 bits per heavy atom. The van der Waals surface area contributed by atoms with E-state index in [4.69, 9.17) is 5.73 Å². The highest BCUT2D eigenvalue weighted by molar-refractivity contribution is 7.21. The van der Waals surface area contributed by atoms with Gasteiger partial charge in [-0.15, -0.1) is 16.4 Å². The Balaban J connectivity index is 1.85. The molecule has 0 spiro atoms. The fourth-order valence-corrected chi connectivity index (χ4v) is 3.20. The largest absolute Gasteiger partial charge is 0.397 e. The van der Waals surface area contributed by atoms with Crippen molar-refractivity contribution in [2.24, 2.45) is 0 Å². The standard InChI is InChI=1S/C15H14FN5OS/c1-7-8(2)20-21-15-11(7)12(17)13(23-15)14(22)19-6-9-3-4-10(16)18-5-9/h3-5H,6,17H2,1-2H3,(H,19,22). The van der Waals surface area contributed by atoms with Crippen LogP contribution in [0.25, 0.3) is 10.2 Å². The lowest BCUT2D eigenvalue weighted by atomic mass is 10.1. The fourth-order valence-electron chi connectivity index (χ4n) is 2.18. The molecular weight excluding hydrogens is 317 g/mol. The zero-order valence-electron chi connectivity index (χ0n) is 12.6. The van der Waals surface area contributed by atoms with E-state index >= 15 is 0 Å². The summed E-state index contributed by atoms with van der Waals surface area (Å²) in [7, 11) is 0. The van der Waals surface area contributed by atoms with Crippen LogP contribution in [-0.4, -0.2) is 21.1 Å². The third kappa shape index (κ3) is 2.85. The van der Waals surface area contributed by atoms with Crippen LogP contribution in [0.5, 0.6) is 0 Å². The van der Waals surface area contributed by atoms with Crippen LogP contribution in [-0.2, 0) is 6.54 Å². The van der Waals surface area contributed by atoms with Crippen molar-refractivity contribution >= 4 is 33.1 Å². The molecule has 0 unspecified atom stereocenters. The predicted molar refractivity (Wildman–Crippen MR) is 86.7 cm³/mol. The molecule has 3 aromatic heterocycles. The monoisotopic (exact) mass is 331 g/mol. The normalized spacial score (nSPS) is 10.9. The number of fused-ring (bicyclic) bond motifs is 1. The molecule has 3 rings (SSSR count). The van der Waals surface area contributed by atoms with E-state index in [9.17, 15) is 9.18 Å². The number of anilines is 1. The quantitative estimate of drug-likeness (QED) is 0.719. The van der Waals surface area contributed by atoms with E-state index in [1.54, 1.807) is 6.07 Å². The average molecular weight is 331 g/mol. The number of halogens is 1. The van der Waals surface area contributed by atoms with Crippen LogP contribution in [0, 0.1) is 19.8 Å². The molecule has 0 aromatic carbocycles. The molecule has 1 amide bonds. The second kappa shape index (κ2) is 5.88. The molecule has 0 aliphatic rings. The number of thiophene rings is 1. The predicted octanol–water partition coefficient (Wildman–Crippen LogP) is 2.35. The first-order valence-corrected chi connectivity index (χ1v) is 7.69. The Morgan fingerprint density at radius 1 is 1.35 bits per heavy atom. The van der Waals surface area contributed by atoms with Crippen LogP contribution >= 0.6 is 11.3 Å². The van der Waals surface area contributed by atoms with Gasteiger partial charge in [-0.2, -0.15) is 9.49 Å². The zero-order valence-corrected chi connectivity index (χ0v) is 13.4. The van der Waals surface area contributed by atoms with Crippen LogP contribution in [0.2, 0.25) is 0 Å². The van der Waals surface area contributed by atoms with Crippen molar-refractivity contribution in [3.8, 4) is 0 Å². The molecule has 0 aliphatic heterocycles. The summed E-state index contributed by atoms with van der Waals surface area (Å²) in [5.74, 6) is -0.856. The van der Waals surface area contributed by atoms with Crippen molar-refractivity contribution in [3.05, 3.63) is 46.0 Å². The van der Waals surface area contributed by atoms with E-state index in [1.165, 1.54) is 23.6 Å². The van der Waals surface area contributed by atoms with Gasteiger partial charge in [-0.05, 0) is 31.0 Å². The number of carbonyl (C=O) groups excluding carboxylic acids is 1. The number of pyridine rings is 1. The number of aryl methyl sites for hydroxylation is 2. The lowest BCUT2D eigenvalue weighted by Crippen LogP contribution is -2.22. The van der Waals surface area contributed by atoms with Crippen molar-refractivity contribution in [1.82, 2.24) is 20.5 Å². The maximum Gasteiger partial charge on any atom is 0.263 e. The second-order valence-corrected chi connectivity index (χ2v) is 6.11. The lowest BCUT2D eigenvalue weighted by Gasteiger charge is -2.04. The zero-order chi connectivity index (χ0) is 16.6. The van der Waals surface area contributed by atoms with E-state index in [-0.39, 0.29) is 12.5 Å². The maximum absolute atomic E-state index is 12.8. The molecule has 118 valence electrons. The van der Waals surface area contributed by atoms with Gasteiger partial charge in [0.25, 0.3) is 5.91 Å². The van der Waals surface area contributed by atoms with Gasteiger partial charge in [0.15, 0.2) is 0 Å². The first-order chi connectivity index (χ1) is 11.0. The van der Waals surface area contributed by atoms with Crippen molar-refractivity contribution in [3.63, 3.8) is 0 Å². The third-order valence-corrected chi connectivity index (χ3v) is 4.67. The van der Waals surface area contributed by atoms with Gasteiger partial charge in [0.2, 0.25) is 5.95 Å². The summed E-state index contributed by atoms with van der Waals surface area (Å²) in [4.78, 5) is 16.9. The average Bonchev–Trinajstić information content (AvgIpc) is 2.88. The summed E-state index contributed by atoms with van der Waals surface area (Å²) in [6.45, 7) is 3.99. The highest BCUT2D eigenvalue weighted by Crippen LogP contribution is 2.34. The number of rotatable bonds is 3. The Morgan fingerprint density at radius 3 is 2.83 bits per heavy atom. The van der Waals surface area contributed by atoms with E-state index in [2.05, 4.69) is 20.5 Å². The molecule has 0 saturated heterocycles. The summed E-state index contributed by atoms with van der Waals surface area (Å²) in [6, 6.07) is 2.81.